The molecule has 0 radical (unpaired) electrons. The first-order valence-electron chi connectivity index (χ1n) is 12.6. The van der Waals surface area contributed by atoms with E-state index >= 15 is 0 Å². The van der Waals surface area contributed by atoms with Crippen molar-refractivity contribution < 1.29 is 9.13 Å². The van der Waals surface area contributed by atoms with Gasteiger partial charge in [-0.15, -0.1) is 0 Å². The van der Waals surface area contributed by atoms with Gasteiger partial charge in [-0.1, -0.05) is 73.8 Å². The second-order valence-electron chi connectivity index (χ2n) is 9.30. The van der Waals surface area contributed by atoms with Gasteiger partial charge in [-0.2, -0.15) is 0 Å². The van der Waals surface area contributed by atoms with Crippen molar-refractivity contribution in [2.24, 2.45) is 10.9 Å². The van der Waals surface area contributed by atoms with Gasteiger partial charge >= 0.3 is 0 Å². The summed E-state index contributed by atoms with van der Waals surface area (Å²) in [6.07, 6.45) is 7.51. The molecule has 2 aromatic rings. The van der Waals surface area contributed by atoms with Crippen LogP contribution in [0.4, 0.5) is 4.39 Å². The average molecular weight is 474 g/mol. The SMILES string of the molecule is C=CC1=C(C=C)CN(C2=NCC(C3CCN(Cc4ccccc4)CC3)O2)CC1.Fc1ccccc1. The second-order valence-corrected chi connectivity index (χ2v) is 9.30. The van der Waals surface area contributed by atoms with Crippen molar-refractivity contribution in [3.63, 3.8) is 0 Å². The molecule has 0 amide bonds. The normalized spacial score (nSPS) is 21.0. The summed E-state index contributed by atoms with van der Waals surface area (Å²) in [5.74, 6) is 0.429. The molecule has 4 nitrogen and oxygen atoms in total. The molecular weight excluding hydrogens is 437 g/mol. The van der Waals surface area contributed by atoms with E-state index in [-0.39, 0.29) is 11.9 Å². The summed E-state index contributed by atoms with van der Waals surface area (Å²) in [7, 11) is 0. The van der Waals surface area contributed by atoms with Gasteiger partial charge in [-0.3, -0.25) is 4.90 Å². The molecule has 3 aliphatic rings. The summed E-state index contributed by atoms with van der Waals surface area (Å²) in [6, 6.07) is 19.5. The van der Waals surface area contributed by atoms with Crippen molar-refractivity contribution in [2.45, 2.75) is 31.9 Å². The Kier molecular flexibility index (Phi) is 8.90. The van der Waals surface area contributed by atoms with E-state index in [9.17, 15) is 4.39 Å². The average Bonchev–Trinajstić information content (AvgIpc) is 3.40. The summed E-state index contributed by atoms with van der Waals surface area (Å²) >= 11 is 0. The smallest absolute Gasteiger partial charge is 0.288 e. The molecule has 0 N–H and O–H groups in total. The van der Waals surface area contributed by atoms with Crippen LogP contribution in [0.1, 0.15) is 24.8 Å². The van der Waals surface area contributed by atoms with Crippen LogP contribution in [0, 0.1) is 11.7 Å². The van der Waals surface area contributed by atoms with E-state index in [2.05, 4.69) is 53.3 Å². The minimum atomic E-state index is -0.178. The molecule has 1 atom stereocenters. The summed E-state index contributed by atoms with van der Waals surface area (Å²) in [6.45, 7) is 13.8. The largest absolute Gasteiger partial charge is 0.460 e. The van der Waals surface area contributed by atoms with Gasteiger partial charge in [0.05, 0.1) is 6.54 Å². The van der Waals surface area contributed by atoms with Gasteiger partial charge in [0, 0.05) is 25.6 Å². The Morgan fingerprint density at radius 3 is 2.17 bits per heavy atom. The van der Waals surface area contributed by atoms with Gasteiger partial charge in [0.15, 0.2) is 0 Å². The first-order chi connectivity index (χ1) is 17.2. The van der Waals surface area contributed by atoms with Crippen LogP contribution in [-0.4, -0.2) is 54.6 Å². The minimum absolute atomic E-state index is 0.178. The summed E-state index contributed by atoms with van der Waals surface area (Å²) in [4.78, 5) is 9.57. The van der Waals surface area contributed by atoms with Crippen molar-refractivity contribution in [3.05, 3.63) is 109 Å². The van der Waals surface area contributed by atoms with Crippen molar-refractivity contribution >= 4 is 6.02 Å². The number of hydrogen-bond donors (Lipinski definition) is 0. The first kappa shape index (κ1) is 24.9. The van der Waals surface area contributed by atoms with Crippen LogP contribution >= 0.6 is 0 Å². The molecule has 1 unspecified atom stereocenters. The number of amidine groups is 1. The maximum Gasteiger partial charge on any atom is 0.288 e. The molecule has 5 heteroatoms. The van der Waals surface area contributed by atoms with Gasteiger partial charge in [-0.25, -0.2) is 9.38 Å². The number of nitrogens with zero attached hydrogens (tertiary/aromatic N) is 3. The molecule has 1 fully saturated rings. The first-order valence-corrected chi connectivity index (χ1v) is 12.6. The van der Waals surface area contributed by atoms with Crippen LogP contribution in [0.5, 0.6) is 0 Å². The Hall–Kier alpha value is -3.18. The molecule has 0 saturated carbocycles. The van der Waals surface area contributed by atoms with E-state index in [1.165, 1.54) is 41.7 Å². The zero-order valence-corrected chi connectivity index (χ0v) is 20.5. The number of hydrogen-bond acceptors (Lipinski definition) is 4. The molecule has 1 saturated heterocycles. The van der Waals surface area contributed by atoms with E-state index in [4.69, 9.17) is 9.73 Å². The Bertz CT molecular complexity index is 1030. The third-order valence-corrected chi connectivity index (χ3v) is 6.99. The lowest BCUT2D eigenvalue weighted by atomic mass is 9.91. The lowest BCUT2D eigenvalue weighted by Crippen LogP contribution is -2.41. The number of allylic oxidation sites excluding steroid dienone is 1. The zero-order chi connectivity index (χ0) is 24.5. The van der Waals surface area contributed by atoms with Gasteiger partial charge < -0.3 is 9.64 Å². The van der Waals surface area contributed by atoms with Gasteiger partial charge in [-0.05, 0) is 61.2 Å². The van der Waals surface area contributed by atoms with Crippen molar-refractivity contribution in [1.82, 2.24) is 9.80 Å². The highest BCUT2D eigenvalue weighted by Gasteiger charge is 2.34. The number of aliphatic imine (C=N–C) groups is 1. The molecule has 35 heavy (non-hydrogen) atoms. The highest BCUT2D eigenvalue weighted by Crippen LogP contribution is 2.28. The quantitative estimate of drug-likeness (QED) is 0.545. The fourth-order valence-electron chi connectivity index (χ4n) is 4.93. The number of benzene rings is 2. The highest BCUT2D eigenvalue weighted by atomic mass is 19.1. The minimum Gasteiger partial charge on any atom is -0.460 e. The molecule has 3 heterocycles. The molecule has 184 valence electrons. The molecule has 0 aromatic heterocycles. The fourth-order valence-corrected chi connectivity index (χ4v) is 4.93. The number of likely N-dealkylation sites (tertiary alicyclic amines) is 1. The standard InChI is InChI=1S/C24H31N3O.C6H5F/c1-3-20-12-15-27(18-21(20)4-2)24-25-16-23(28-24)22-10-13-26(14-11-22)17-19-8-6-5-7-9-19;7-6-4-2-1-3-5-6/h3-9,22-23H,1-2,10-18H2;1-5H. The molecule has 0 bridgehead atoms. The summed E-state index contributed by atoms with van der Waals surface area (Å²) < 4.78 is 18.2. The third-order valence-electron chi connectivity index (χ3n) is 6.99. The van der Waals surface area contributed by atoms with Crippen LogP contribution in [0.25, 0.3) is 0 Å². The maximum atomic E-state index is 11.9. The Balaban J connectivity index is 0.000000356. The van der Waals surface area contributed by atoms with Crippen LogP contribution in [-0.2, 0) is 11.3 Å². The van der Waals surface area contributed by atoms with Crippen molar-refractivity contribution in [2.75, 3.05) is 32.7 Å². The number of piperidine rings is 1. The van der Waals surface area contributed by atoms with E-state index in [1.54, 1.807) is 18.2 Å². The Labute approximate surface area is 209 Å². The lowest BCUT2D eigenvalue weighted by molar-refractivity contribution is 0.0737. The van der Waals surface area contributed by atoms with Gasteiger partial charge in [0.2, 0.25) is 0 Å². The molecule has 2 aromatic carbocycles. The molecule has 3 aliphatic heterocycles. The number of halogens is 1. The predicted molar refractivity (Wildman–Crippen MR) is 142 cm³/mol. The third kappa shape index (κ3) is 6.92. The van der Waals surface area contributed by atoms with Crippen LogP contribution in [0.2, 0.25) is 0 Å². The zero-order valence-electron chi connectivity index (χ0n) is 20.5. The van der Waals surface area contributed by atoms with Crippen LogP contribution in [0.15, 0.2) is 102 Å². The fraction of sp³-hybridized carbons (Fsp3) is 0.367. The number of rotatable bonds is 5. The maximum absolute atomic E-state index is 11.9. The molecular formula is C30H36FN3O. The lowest BCUT2D eigenvalue weighted by Gasteiger charge is -2.35. The van der Waals surface area contributed by atoms with Crippen molar-refractivity contribution in [1.29, 1.82) is 0 Å². The summed E-state index contributed by atoms with van der Waals surface area (Å²) in [5, 5.41) is 0. The van der Waals surface area contributed by atoms with E-state index < -0.39 is 0 Å². The molecule has 5 rings (SSSR count). The topological polar surface area (TPSA) is 28.1 Å². The Morgan fingerprint density at radius 2 is 1.57 bits per heavy atom. The predicted octanol–water partition coefficient (Wildman–Crippen LogP) is 5.85. The molecule has 0 aliphatic carbocycles. The van der Waals surface area contributed by atoms with E-state index in [0.717, 1.165) is 51.7 Å². The highest BCUT2D eigenvalue weighted by molar-refractivity contribution is 5.76. The monoisotopic (exact) mass is 473 g/mol. The van der Waals surface area contributed by atoms with Crippen LogP contribution < -0.4 is 0 Å². The van der Waals surface area contributed by atoms with E-state index in [0.29, 0.717) is 5.92 Å². The van der Waals surface area contributed by atoms with Gasteiger partial charge in [0.1, 0.15) is 11.9 Å². The molecule has 0 spiro atoms. The van der Waals surface area contributed by atoms with E-state index in [1.807, 2.05) is 12.2 Å². The van der Waals surface area contributed by atoms with Crippen molar-refractivity contribution in [3.8, 4) is 0 Å². The van der Waals surface area contributed by atoms with Crippen LogP contribution in [0.3, 0.4) is 0 Å². The Morgan fingerprint density at radius 1 is 0.914 bits per heavy atom. The van der Waals surface area contributed by atoms with Gasteiger partial charge in [0.25, 0.3) is 6.02 Å². The number of ether oxygens (including phenoxy) is 1. The second kappa shape index (κ2) is 12.5. The summed E-state index contributed by atoms with van der Waals surface area (Å²) in [5.41, 5.74) is 3.94.